The molecule has 0 rings (SSSR count). The molecule has 22 nitrogen and oxygen atoms in total. The van der Waals surface area contributed by atoms with Crippen LogP contribution in [0.2, 0.25) is 0 Å². The van der Waals surface area contributed by atoms with Gasteiger partial charge in [-0.3, -0.25) is 43.8 Å². The number of guanidine groups is 1. The van der Waals surface area contributed by atoms with Gasteiger partial charge in [0.05, 0.1) is 19.3 Å². The van der Waals surface area contributed by atoms with Gasteiger partial charge < -0.3 is 63.4 Å². The molecule has 276 valence electrons. The number of nitrogens with two attached hydrogens (primary N) is 1. The second-order valence-corrected chi connectivity index (χ2v) is 10.7. The van der Waals surface area contributed by atoms with Crippen LogP contribution in [-0.4, -0.2) is 130 Å². The zero-order chi connectivity index (χ0) is 37.7. The van der Waals surface area contributed by atoms with E-state index in [0.717, 1.165) is 6.92 Å². The third kappa shape index (κ3) is 19.7. The lowest BCUT2D eigenvalue weighted by Gasteiger charge is -2.26. The Morgan fingerprint density at radius 1 is 0.571 bits per heavy atom. The summed E-state index contributed by atoms with van der Waals surface area (Å²) >= 11 is 0. The number of amides is 5. The molecule has 49 heavy (non-hydrogen) atoms. The molecule has 0 aromatic heterocycles. The SMILES string of the molecule is CNCCCC[C@H](NC(=O)[C@H](CC(=O)O)NC(=O)[C@H](CC(=O)O)NC(=O)[C@H](CCCNC(=N)N)NC(=O)[C@H](CC(=O)O)NC(C)=O)C(=O)O. The minimum atomic E-state index is -1.97. The molecule has 0 fully saturated rings. The largest absolute Gasteiger partial charge is 0.481 e. The molecular weight excluding hydrogens is 658 g/mol. The van der Waals surface area contributed by atoms with E-state index in [1.807, 2.05) is 5.32 Å². The zero-order valence-corrected chi connectivity index (χ0v) is 27.0. The molecule has 5 atom stereocenters. The van der Waals surface area contributed by atoms with E-state index in [0.29, 0.717) is 19.4 Å². The molecule has 0 saturated carbocycles. The van der Waals surface area contributed by atoms with Gasteiger partial charge in [-0.2, -0.15) is 0 Å². The maximum absolute atomic E-state index is 13.3. The Kier molecular flexibility index (Phi) is 20.3. The summed E-state index contributed by atoms with van der Waals surface area (Å²) in [7, 11) is 1.69. The number of carbonyl (C=O) groups is 9. The van der Waals surface area contributed by atoms with Crippen molar-refractivity contribution in [3.63, 3.8) is 0 Å². The van der Waals surface area contributed by atoms with Crippen LogP contribution in [0, 0.1) is 5.41 Å². The fourth-order valence-corrected chi connectivity index (χ4v) is 4.19. The predicted molar refractivity (Wildman–Crippen MR) is 167 cm³/mol. The molecule has 5 amide bonds. The Hall–Kier alpha value is -5.54. The first-order chi connectivity index (χ1) is 22.9. The van der Waals surface area contributed by atoms with Gasteiger partial charge in [-0.15, -0.1) is 0 Å². The Morgan fingerprint density at radius 3 is 1.35 bits per heavy atom. The first-order valence-electron chi connectivity index (χ1n) is 15.0. The second-order valence-electron chi connectivity index (χ2n) is 10.7. The van der Waals surface area contributed by atoms with Crippen molar-refractivity contribution in [2.75, 3.05) is 20.1 Å². The summed E-state index contributed by atoms with van der Waals surface area (Å²) in [5.74, 6) is -12.1. The summed E-state index contributed by atoms with van der Waals surface area (Å²) in [6.07, 6.45) is -2.32. The van der Waals surface area contributed by atoms with Gasteiger partial charge in [0.15, 0.2) is 5.96 Å². The number of carboxylic acid groups (broad SMARTS) is 4. The number of nitrogens with one attached hydrogen (secondary N) is 8. The lowest BCUT2D eigenvalue weighted by atomic mass is 10.1. The number of hydrogen-bond donors (Lipinski definition) is 13. The maximum atomic E-state index is 13.3. The summed E-state index contributed by atoms with van der Waals surface area (Å²) in [5, 5.41) is 60.5. The van der Waals surface area contributed by atoms with Crippen molar-refractivity contribution >= 4 is 59.4 Å². The Balaban J connectivity index is 6.12. The van der Waals surface area contributed by atoms with Crippen LogP contribution in [0.1, 0.15) is 58.3 Å². The van der Waals surface area contributed by atoms with Crippen molar-refractivity contribution < 1.29 is 63.6 Å². The minimum Gasteiger partial charge on any atom is -0.481 e. The first kappa shape index (κ1) is 43.5. The van der Waals surface area contributed by atoms with Gasteiger partial charge in [0.2, 0.25) is 29.5 Å². The van der Waals surface area contributed by atoms with Gasteiger partial charge in [0, 0.05) is 13.5 Å². The van der Waals surface area contributed by atoms with Crippen molar-refractivity contribution in [1.82, 2.24) is 37.2 Å². The fourth-order valence-electron chi connectivity index (χ4n) is 4.19. The molecular formula is C27H45N9O13. The van der Waals surface area contributed by atoms with Crippen molar-refractivity contribution in [3.05, 3.63) is 0 Å². The van der Waals surface area contributed by atoms with Crippen molar-refractivity contribution in [3.8, 4) is 0 Å². The second kappa shape index (κ2) is 22.9. The smallest absolute Gasteiger partial charge is 0.326 e. The van der Waals surface area contributed by atoms with Crippen LogP contribution in [0.15, 0.2) is 0 Å². The van der Waals surface area contributed by atoms with Gasteiger partial charge in [-0.1, -0.05) is 0 Å². The number of unbranched alkanes of at least 4 members (excludes halogenated alkanes) is 1. The normalized spacial score (nSPS) is 13.6. The number of hydrogen-bond acceptors (Lipinski definition) is 11. The molecule has 0 saturated heterocycles. The van der Waals surface area contributed by atoms with E-state index in [1.54, 1.807) is 7.05 Å². The summed E-state index contributed by atoms with van der Waals surface area (Å²) < 4.78 is 0. The standard InChI is InChI=1S/C27H45N9O13/c1-13(37)32-16(10-19(38)39)23(45)33-14(7-5-9-31-27(28)29)22(44)35-18(12-21(42)43)25(47)36-17(11-20(40)41)24(46)34-15(26(48)49)6-3-4-8-30-2/h14-18,30H,3-12H2,1-2H3,(H,32,37)(H,33,45)(H,34,46)(H,35,44)(H,36,47)(H,38,39)(H,40,41)(H,42,43)(H,48,49)(H4,28,29,31)/t14-,15-,16-,17-,18-/m0/s1. The topological polar surface area (TPSA) is 369 Å². The lowest BCUT2D eigenvalue weighted by Crippen LogP contribution is -2.59. The van der Waals surface area contributed by atoms with Crippen molar-refractivity contribution in [2.24, 2.45) is 5.73 Å². The Morgan fingerprint density at radius 2 is 0.959 bits per heavy atom. The Bertz CT molecular complexity index is 1210. The minimum absolute atomic E-state index is 0.0110. The van der Waals surface area contributed by atoms with Crippen molar-refractivity contribution in [1.29, 1.82) is 5.41 Å². The van der Waals surface area contributed by atoms with Crippen LogP contribution in [0.5, 0.6) is 0 Å². The molecule has 0 aromatic rings. The highest BCUT2D eigenvalue weighted by molar-refractivity contribution is 5.98. The fraction of sp³-hybridized carbons (Fsp3) is 0.630. The van der Waals surface area contributed by atoms with Crippen molar-refractivity contribution in [2.45, 2.75) is 88.5 Å². The average molecular weight is 704 g/mol. The van der Waals surface area contributed by atoms with E-state index < -0.39 is 109 Å². The number of carbonyl (C=O) groups excluding carboxylic acids is 5. The average Bonchev–Trinajstić information content (AvgIpc) is 2.97. The molecule has 0 aliphatic rings. The number of aliphatic carboxylic acids is 4. The molecule has 0 aliphatic carbocycles. The van der Waals surface area contributed by atoms with Crippen LogP contribution >= 0.6 is 0 Å². The van der Waals surface area contributed by atoms with E-state index in [4.69, 9.17) is 16.2 Å². The van der Waals surface area contributed by atoms with Crippen LogP contribution < -0.4 is 43.0 Å². The highest BCUT2D eigenvalue weighted by Crippen LogP contribution is 2.06. The Labute approximate surface area is 280 Å². The van der Waals surface area contributed by atoms with Gasteiger partial charge in [-0.05, 0) is 45.7 Å². The number of carboxylic acids is 4. The summed E-state index contributed by atoms with van der Waals surface area (Å²) in [4.78, 5) is 110. The molecule has 0 radical (unpaired) electrons. The van der Waals surface area contributed by atoms with E-state index in [2.05, 4.69) is 31.9 Å². The molecule has 0 heterocycles. The van der Waals surface area contributed by atoms with Crippen LogP contribution in [-0.2, 0) is 43.2 Å². The van der Waals surface area contributed by atoms with Gasteiger partial charge >= 0.3 is 23.9 Å². The molecule has 0 aromatic carbocycles. The molecule has 14 N–H and O–H groups in total. The summed E-state index contributed by atoms with van der Waals surface area (Å²) in [6.45, 7) is 1.59. The van der Waals surface area contributed by atoms with E-state index in [9.17, 15) is 58.5 Å². The van der Waals surface area contributed by atoms with Gasteiger partial charge in [0.1, 0.15) is 30.2 Å². The monoisotopic (exact) mass is 703 g/mol. The predicted octanol–water partition coefficient (Wildman–Crippen LogP) is -4.41. The molecule has 0 spiro atoms. The van der Waals surface area contributed by atoms with E-state index >= 15 is 0 Å². The highest BCUT2D eigenvalue weighted by Gasteiger charge is 2.34. The summed E-state index contributed by atoms with van der Waals surface area (Å²) in [6, 6.07) is -8.53. The molecule has 0 aliphatic heterocycles. The maximum Gasteiger partial charge on any atom is 0.326 e. The van der Waals surface area contributed by atoms with Crippen LogP contribution in [0.25, 0.3) is 0 Å². The molecule has 0 bridgehead atoms. The summed E-state index contributed by atoms with van der Waals surface area (Å²) in [5.41, 5.74) is 5.22. The zero-order valence-electron chi connectivity index (χ0n) is 27.0. The van der Waals surface area contributed by atoms with Gasteiger partial charge in [0.25, 0.3) is 0 Å². The van der Waals surface area contributed by atoms with E-state index in [1.165, 1.54) is 0 Å². The molecule has 22 heteroatoms. The quantitative estimate of drug-likeness (QED) is 0.0242. The third-order valence-corrected chi connectivity index (χ3v) is 6.50. The molecule has 0 unspecified atom stereocenters. The van der Waals surface area contributed by atoms with Crippen LogP contribution in [0.4, 0.5) is 0 Å². The number of rotatable bonds is 25. The highest BCUT2D eigenvalue weighted by atomic mass is 16.4. The lowest BCUT2D eigenvalue weighted by molar-refractivity contribution is -0.145. The van der Waals surface area contributed by atoms with E-state index in [-0.39, 0.29) is 25.8 Å². The van der Waals surface area contributed by atoms with Crippen LogP contribution in [0.3, 0.4) is 0 Å². The first-order valence-corrected chi connectivity index (χ1v) is 15.0. The third-order valence-electron chi connectivity index (χ3n) is 6.50. The van der Waals surface area contributed by atoms with Gasteiger partial charge in [-0.25, -0.2) is 4.79 Å².